The van der Waals surface area contributed by atoms with Gasteiger partial charge in [0.15, 0.2) is 0 Å². The number of esters is 2. The molecule has 0 amide bonds. The molecule has 3 rings (SSSR count). The summed E-state index contributed by atoms with van der Waals surface area (Å²) in [6.07, 6.45) is 9.61. The smallest absolute Gasteiger partial charge is 0.311 e. The summed E-state index contributed by atoms with van der Waals surface area (Å²) < 4.78 is 11.6. The number of hydrogen-bond donors (Lipinski definition) is 1. The molecule has 0 saturated carbocycles. The van der Waals surface area contributed by atoms with Gasteiger partial charge in [0.1, 0.15) is 12.2 Å². The third-order valence-corrected chi connectivity index (χ3v) is 7.35. The van der Waals surface area contributed by atoms with Gasteiger partial charge in [0.2, 0.25) is 0 Å². The molecule has 2 aliphatic carbocycles. The quantitative estimate of drug-likeness (QED) is 0.639. The number of cyclic esters (lactones) is 1. The average Bonchev–Trinajstić information content (AvgIpc) is 2.66. The lowest BCUT2D eigenvalue weighted by atomic mass is 9.65. The van der Waals surface area contributed by atoms with E-state index in [1.54, 1.807) is 0 Å². The van der Waals surface area contributed by atoms with Crippen molar-refractivity contribution in [2.24, 2.45) is 29.1 Å². The van der Waals surface area contributed by atoms with Gasteiger partial charge in [0, 0.05) is 12.3 Å². The van der Waals surface area contributed by atoms with Gasteiger partial charge >= 0.3 is 11.9 Å². The monoisotopic (exact) mass is 418 g/mol. The topological polar surface area (TPSA) is 72.8 Å². The first kappa shape index (κ1) is 23.1. The molecule has 1 N–H and O–H groups in total. The minimum Gasteiger partial charge on any atom is -0.462 e. The summed E-state index contributed by atoms with van der Waals surface area (Å²) in [6.45, 7) is 10.3. The first-order valence-electron chi connectivity index (χ1n) is 11.6. The van der Waals surface area contributed by atoms with Crippen LogP contribution in [-0.2, 0) is 19.1 Å². The van der Waals surface area contributed by atoms with Crippen LogP contribution >= 0.6 is 0 Å². The van der Waals surface area contributed by atoms with E-state index in [2.05, 4.69) is 32.1 Å². The largest absolute Gasteiger partial charge is 0.462 e. The number of fused-ring (bicyclic) bond motifs is 1. The van der Waals surface area contributed by atoms with Crippen LogP contribution in [0.5, 0.6) is 0 Å². The fourth-order valence-electron chi connectivity index (χ4n) is 5.08. The van der Waals surface area contributed by atoms with Crippen molar-refractivity contribution < 1.29 is 24.2 Å². The Bertz CT molecular complexity index is 706. The second-order valence-corrected chi connectivity index (χ2v) is 10.3. The zero-order valence-corrected chi connectivity index (χ0v) is 19.1. The maximum absolute atomic E-state index is 12.9. The molecule has 5 nitrogen and oxygen atoms in total. The van der Waals surface area contributed by atoms with E-state index < -0.39 is 11.5 Å². The van der Waals surface area contributed by atoms with Crippen molar-refractivity contribution in [2.75, 3.05) is 0 Å². The molecular weight excluding hydrogens is 380 g/mol. The number of carbonyl (C=O) groups excluding carboxylic acids is 2. The lowest BCUT2D eigenvalue weighted by Gasteiger charge is -2.44. The van der Waals surface area contributed by atoms with Crippen LogP contribution in [0, 0.1) is 29.1 Å². The SMILES string of the molecule is CCC(C)(C)C(=O)O[C@H]1CC(C)C=C2C=C[C@H](C)C(CC[C@@H]3C[C@@H](O)CC(=O)O3)[C@H]21. The molecular formula is C25H38O5. The van der Waals surface area contributed by atoms with Gasteiger partial charge in [-0.15, -0.1) is 0 Å². The standard InChI is InChI=1S/C25H38O5/c1-6-25(4,5)24(28)30-21-12-15(2)11-17-8-7-16(3)20(23(17)21)10-9-19-13-18(26)14-22(27)29-19/h7-8,11,15-16,18-21,23,26H,6,9-10,12-14H2,1-5H3/t15?,16-,18+,19+,20?,21-,23-/m0/s1. The van der Waals surface area contributed by atoms with Crippen molar-refractivity contribution in [1.29, 1.82) is 0 Å². The molecule has 2 unspecified atom stereocenters. The van der Waals surface area contributed by atoms with Crippen LogP contribution in [0.15, 0.2) is 23.8 Å². The third-order valence-electron chi connectivity index (χ3n) is 7.35. The van der Waals surface area contributed by atoms with Gasteiger partial charge < -0.3 is 14.6 Å². The summed E-state index contributed by atoms with van der Waals surface area (Å²) in [4.78, 5) is 24.6. The van der Waals surface area contributed by atoms with Crippen LogP contribution in [0.2, 0.25) is 0 Å². The highest BCUT2D eigenvalue weighted by molar-refractivity contribution is 5.76. The van der Waals surface area contributed by atoms with E-state index in [9.17, 15) is 14.7 Å². The summed E-state index contributed by atoms with van der Waals surface area (Å²) in [5.41, 5.74) is 0.785. The van der Waals surface area contributed by atoms with Crippen LogP contribution in [0.3, 0.4) is 0 Å². The molecule has 30 heavy (non-hydrogen) atoms. The Kier molecular flexibility index (Phi) is 7.11. The maximum Gasteiger partial charge on any atom is 0.311 e. The summed E-state index contributed by atoms with van der Waals surface area (Å²) in [6, 6.07) is 0. The zero-order valence-electron chi connectivity index (χ0n) is 19.1. The van der Waals surface area contributed by atoms with Crippen LogP contribution in [0.25, 0.3) is 0 Å². The maximum atomic E-state index is 12.9. The minimum absolute atomic E-state index is 0.0949. The second kappa shape index (κ2) is 9.25. The van der Waals surface area contributed by atoms with E-state index in [4.69, 9.17) is 9.47 Å². The van der Waals surface area contributed by atoms with Crippen LogP contribution in [0.1, 0.15) is 73.1 Å². The number of carbonyl (C=O) groups is 2. The molecule has 0 bridgehead atoms. The van der Waals surface area contributed by atoms with Gasteiger partial charge in [0.05, 0.1) is 17.9 Å². The summed E-state index contributed by atoms with van der Waals surface area (Å²) >= 11 is 0. The summed E-state index contributed by atoms with van der Waals surface area (Å²) in [5, 5.41) is 9.92. The minimum atomic E-state index is -0.601. The van der Waals surface area contributed by atoms with Gasteiger partial charge in [-0.05, 0) is 62.9 Å². The normalized spacial score (nSPS) is 36.5. The Morgan fingerprint density at radius 2 is 2.00 bits per heavy atom. The van der Waals surface area contributed by atoms with Gasteiger partial charge in [-0.3, -0.25) is 9.59 Å². The van der Waals surface area contributed by atoms with Crippen LogP contribution in [-0.4, -0.2) is 35.4 Å². The Morgan fingerprint density at radius 1 is 1.27 bits per heavy atom. The second-order valence-electron chi connectivity index (χ2n) is 10.3. The zero-order chi connectivity index (χ0) is 22.1. The number of aliphatic hydroxyl groups excluding tert-OH is 1. The van der Waals surface area contributed by atoms with E-state index in [-0.39, 0.29) is 36.5 Å². The van der Waals surface area contributed by atoms with Crippen molar-refractivity contribution in [1.82, 2.24) is 0 Å². The molecule has 168 valence electrons. The predicted octanol–water partition coefficient (Wildman–Crippen LogP) is 4.59. The van der Waals surface area contributed by atoms with Gasteiger partial charge in [-0.2, -0.15) is 0 Å². The van der Waals surface area contributed by atoms with Crippen molar-refractivity contribution in [2.45, 2.75) is 91.5 Å². The molecule has 1 aliphatic heterocycles. The molecule has 1 heterocycles. The average molecular weight is 419 g/mol. The molecule has 0 spiro atoms. The first-order valence-corrected chi connectivity index (χ1v) is 11.6. The fourth-order valence-corrected chi connectivity index (χ4v) is 5.08. The lowest BCUT2D eigenvalue weighted by Crippen LogP contribution is -2.43. The first-order chi connectivity index (χ1) is 14.1. The van der Waals surface area contributed by atoms with E-state index in [0.717, 1.165) is 25.7 Å². The molecule has 5 heteroatoms. The number of allylic oxidation sites excluding steroid dienone is 3. The Balaban J connectivity index is 1.76. The van der Waals surface area contributed by atoms with Crippen molar-refractivity contribution >= 4 is 11.9 Å². The lowest BCUT2D eigenvalue weighted by molar-refractivity contribution is -0.166. The molecule has 0 aromatic rings. The number of ether oxygens (including phenoxy) is 2. The molecule has 0 radical (unpaired) electrons. The molecule has 1 saturated heterocycles. The number of rotatable bonds is 6. The Hall–Kier alpha value is -1.62. The van der Waals surface area contributed by atoms with Gasteiger partial charge in [0.25, 0.3) is 0 Å². The highest BCUT2D eigenvalue weighted by atomic mass is 16.6. The molecule has 0 aromatic carbocycles. The van der Waals surface area contributed by atoms with E-state index in [1.165, 1.54) is 5.57 Å². The third kappa shape index (κ3) is 5.16. The molecule has 7 atom stereocenters. The highest BCUT2D eigenvalue weighted by Gasteiger charge is 2.43. The fraction of sp³-hybridized carbons (Fsp3) is 0.760. The molecule has 3 aliphatic rings. The predicted molar refractivity (Wildman–Crippen MR) is 115 cm³/mol. The Morgan fingerprint density at radius 3 is 2.67 bits per heavy atom. The van der Waals surface area contributed by atoms with Gasteiger partial charge in [-0.1, -0.05) is 39.0 Å². The number of aliphatic hydroxyl groups is 1. The van der Waals surface area contributed by atoms with Crippen molar-refractivity contribution in [3.8, 4) is 0 Å². The van der Waals surface area contributed by atoms with E-state index in [0.29, 0.717) is 24.2 Å². The molecule has 1 fully saturated rings. The van der Waals surface area contributed by atoms with Gasteiger partial charge in [-0.25, -0.2) is 0 Å². The molecule has 0 aromatic heterocycles. The van der Waals surface area contributed by atoms with Crippen molar-refractivity contribution in [3.63, 3.8) is 0 Å². The van der Waals surface area contributed by atoms with Crippen LogP contribution in [0.4, 0.5) is 0 Å². The number of hydrogen-bond acceptors (Lipinski definition) is 5. The summed E-state index contributed by atoms with van der Waals surface area (Å²) in [7, 11) is 0. The Labute approximate surface area is 180 Å². The highest BCUT2D eigenvalue weighted by Crippen LogP contribution is 2.45. The van der Waals surface area contributed by atoms with Crippen molar-refractivity contribution in [3.05, 3.63) is 23.8 Å². The van der Waals surface area contributed by atoms with E-state index in [1.807, 2.05) is 20.8 Å². The van der Waals surface area contributed by atoms with E-state index >= 15 is 0 Å². The summed E-state index contributed by atoms with van der Waals surface area (Å²) in [5.74, 6) is 0.776. The van der Waals surface area contributed by atoms with Crippen LogP contribution < -0.4 is 0 Å².